The molecule has 1 aliphatic heterocycles. The normalized spacial score (nSPS) is 16.4. The molecular formula is C19H16ClF2N5O3. The van der Waals surface area contributed by atoms with Gasteiger partial charge in [0.15, 0.2) is 22.7 Å². The zero-order valence-corrected chi connectivity index (χ0v) is 16.2. The summed E-state index contributed by atoms with van der Waals surface area (Å²) >= 11 is 0. The first-order chi connectivity index (χ1) is 13.9. The van der Waals surface area contributed by atoms with Crippen LogP contribution in [-0.2, 0) is 0 Å². The van der Waals surface area contributed by atoms with Crippen molar-refractivity contribution in [3.05, 3.63) is 62.5 Å². The van der Waals surface area contributed by atoms with Crippen molar-refractivity contribution in [1.29, 1.82) is 0 Å². The molecule has 11 heteroatoms. The molecule has 156 valence electrons. The monoisotopic (exact) mass is 435 g/mol. The number of anilines is 1. The molecule has 3 N–H and O–H groups in total. The van der Waals surface area contributed by atoms with E-state index in [1.165, 1.54) is 28.8 Å². The van der Waals surface area contributed by atoms with E-state index in [0.717, 1.165) is 6.07 Å². The lowest BCUT2D eigenvalue weighted by atomic mass is 10.2. The van der Waals surface area contributed by atoms with Gasteiger partial charge in [-0.1, -0.05) is 0 Å². The number of hydrogen-bond acceptors (Lipinski definition) is 6. The minimum Gasteiger partial charge on any atom is -0.359 e. The van der Waals surface area contributed by atoms with E-state index in [0.29, 0.717) is 25.2 Å². The summed E-state index contributed by atoms with van der Waals surface area (Å²) in [6.45, 7) is 0.955. The van der Waals surface area contributed by atoms with Gasteiger partial charge in [0.2, 0.25) is 11.1 Å². The maximum absolute atomic E-state index is 14.8. The molecule has 0 amide bonds. The van der Waals surface area contributed by atoms with Crippen LogP contribution in [0.2, 0.25) is 0 Å². The third-order valence-electron chi connectivity index (χ3n) is 5.11. The summed E-state index contributed by atoms with van der Waals surface area (Å²) in [5.41, 5.74) is 4.90. The molecule has 1 unspecified atom stereocenters. The highest BCUT2D eigenvalue weighted by atomic mass is 35.5. The molecule has 0 aliphatic carbocycles. The number of aromatic nitrogens is 3. The minimum absolute atomic E-state index is 0. The number of nitrogens with two attached hydrogens (primary N) is 1. The van der Waals surface area contributed by atoms with E-state index in [1.54, 1.807) is 4.90 Å². The molecule has 0 saturated carbocycles. The number of aromatic amines is 1. The summed E-state index contributed by atoms with van der Waals surface area (Å²) in [5, 5.41) is 1.78. The molecule has 0 bridgehead atoms. The lowest BCUT2D eigenvalue weighted by Crippen LogP contribution is -2.28. The Morgan fingerprint density at radius 2 is 1.93 bits per heavy atom. The quantitative estimate of drug-likeness (QED) is 0.498. The van der Waals surface area contributed by atoms with Crippen LogP contribution in [0.25, 0.3) is 27.8 Å². The Bertz CT molecular complexity index is 1380. The van der Waals surface area contributed by atoms with E-state index in [2.05, 4.69) is 10.1 Å². The van der Waals surface area contributed by atoms with Crippen molar-refractivity contribution in [2.24, 2.45) is 5.73 Å². The van der Waals surface area contributed by atoms with E-state index >= 15 is 0 Å². The van der Waals surface area contributed by atoms with Crippen LogP contribution in [0.3, 0.4) is 0 Å². The Hall–Kier alpha value is -3.24. The number of rotatable bonds is 2. The van der Waals surface area contributed by atoms with Crippen molar-refractivity contribution in [3.8, 4) is 5.69 Å². The maximum Gasteiger partial charge on any atom is 0.293 e. The molecule has 1 aromatic carbocycles. The first kappa shape index (κ1) is 20.0. The van der Waals surface area contributed by atoms with Crippen molar-refractivity contribution >= 4 is 40.4 Å². The summed E-state index contributed by atoms with van der Waals surface area (Å²) in [4.78, 5) is 31.1. The molecule has 4 aromatic rings. The lowest BCUT2D eigenvalue weighted by Gasteiger charge is -2.19. The van der Waals surface area contributed by atoms with Gasteiger partial charge >= 0.3 is 0 Å². The number of pyridine rings is 2. The van der Waals surface area contributed by atoms with Gasteiger partial charge in [0, 0.05) is 19.1 Å². The fourth-order valence-corrected chi connectivity index (χ4v) is 3.72. The van der Waals surface area contributed by atoms with Crippen molar-refractivity contribution < 1.29 is 13.3 Å². The average Bonchev–Trinajstić information content (AvgIpc) is 3.29. The van der Waals surface area contributed by atoms with Crippen molar-refractivity contribution in [3.63, 3.8) is 0 Å². The third-order valence-corrected chi connectivity index (χ3v) is 5.11. The van der Waals surface area contributed by atoms with Crippen molar-refractivity contribution in [2.45, 2.75) is 12.5 Å². The summed E-state index contributed by atoms with van der Waals surface area (Å²) in [7, 11) is 0. The molecule has 4 heterocycles. The van der Waals surface area contributed by atoms with E-state index < -0.39 is 22.6 Å². The Morgan fingerprint density at radius 3 is 2.60 bits per heavy atom. The molecule has 0 radical (unpaired) electrons. The Balaban J connectivity index is 0.00000218. The van der Waals surface area contributed by atoms with Crippen molar-refractivity contribution in [1.82, 2.24) is 14.7 Å². The summed E-state index contributed by atoms with van der Waals surface area (Å²) in [6, 6.07) is 6.30. The van der Waals surface area contributed by atoms with Gasteiger partial charge in [0.1, 0.15) is 5.82 Å². The van der Waals surface area contributed by atoms with E-state index in [9.17, 15) is 18.4 Å². The largest absolute Gasteiger partial charge is 0.359 e. The van der Waals surface area contributed by atoms with Crippen LogP contribution in [-0.4, -0.2) is 33.8 Å². The second-order valence-corrected chi connectivity index (χ2v) is 7.01. The van der Waals surface area contributed by atoms with Crippen LogP contribution < -0.4 is 21.6 Å². The lowest BCUT2D eigenvalue weighted by molar-refractivity contribution is 0.437. The highest BCUT2D eigenvalue weighted by Crippen LogP contribution is 2.27. The average molecular weight is 436 g/mol. The first-order valence-electron chi connectivity index (χ1n) is 8.97. The number of fused-ring (bicyclic) bond motifs is 2. The smallest absolute Gasteiger partial charge is 0.293 e. The second-order valence-electron chi connectivity index (χ2n) is 7.01. The SMILES string of the molecule is Cl.NC1CCN(c2nc3c(cc2F)c(=O)c2c(=O)[nH]oc2n3-c2ccc(F)cc2)C1. The van der Waals surface area contributed by atoms with Gasteiger partial charge in [-0.05, 0) is 36.8 Å². The first-order valence-corrected chi connectivity index (χ1v) is 8.97. The van der Waals surface area contributed by atoms with E-state index in [-0.39, 0.29) is 46.4 Å². The second kappa shape index (κ2) is 7.22. The van der Waals surface area contributed by atoms with E-state index in [1.807, 2.05) is 0 Å². The Labute approximate surface area is 173 Å². The zero-order chi connectivity index (χ0) is 20.3. The van der Waals surface area contributed by atoms with Crippen LogP contribution in [0.4, 0.5) is 14.6 Å². The minimum atomic E-state index is -0.738. The van der Waals surface area contributed by atoms with Crippen LogP contribution in [0.15, 0.2) is 44.4 Å². The Morgan fingerprint density at radius 1 is 1.20 bits per heavy atom. The third kappa shape index (κ3) is 2.96. The molecule has 1 atom stereocenters. The molecule has 0 spiro atoms. The summed E-state index contributed by atoms with van der Waals surface area (Å²) in [5.74, 6) is -1.09. The predicted octanol–water partition coefficient (Wildman–Crippen LogP) is 2.06. The van der Waals surface area contributed by atoms with Gasteiger partial charge in [-0.15, -0.1) is 12.4 Å². The number of H-pyrrole nitrogens is 1. The number of nitrogens with one attached hydrogen (secondary N) is 1. The van der Waals surface area contributed by atoms with Gasteiger partial charge in [-0.25, -0.2) is 13.8 Å². The standard InChI is InChI=1S/C19H15F2N5O3.ClH/c20-9-1-3-11(4-2-9)26-16-12(15(27)14-18(28)24-29-19(14)26)7-13(21)17(23-16)25-6-5-10(22)8-25;/h1-4,7,10H,5-6,8,22H2,(H,24,28);1H. The fraction of sp³-hybridized carbons (Fsp3) is 0.211. The summed E-state index contributed by atoms with van der Waals surface area (Å²) in [6.07, 6.45) is 0.690. The molecule has 1 fully saturated rings. The van der Waals surface area contributed by atoms with Crippen LogP contribution in [0.5, 0.6) is 0 Å². The number of halogens is 3. The van der Waals surface area contributed by atoms with Crippen LogP contribution in [0.1, 0.15) is 6.42 Å². The predicted molar refractivity (Wildman–Crippen MR) is 110 cm³/mol. The van der Waals surface area contributed by atoms with Crippen molar-refractivity contribution in [2.75, 3.05) is 18.0 Å². The maximum atomic E-state index is 14.8. The number of nitrogens with zero attached hydrogens (tertiary/aromatic N) is 3. The molecule has 3 aromatic heterocycles. The van der Waals surface area contributed by atoms with Gasteiger partial charge in [-0.2, -0.15) is 5.16 Å². The molecule has 1 saturated heterocycles. The molecule has 5 rings (SSSR count). The molecular weight excluding hydrogens is 420 g/mol. The number of benzene rings is 1. The highest BCUT2D eigenvalue weighted by Gasteiger charge is 2.26. The Kier molecular flexibility index (Phi) is 4.83. The van der Waals surface area contributed by atoms with Gasteiger partial charge in [0.25, 0.3) is 5.56 Å². The fourth-order valence-electron chi connectivity index (χ4n) is 3.72. The van der Waals surface area contributed by atoms with E-state index in [4.69, 9.17) is 10.3 Å². The molecule has 1 aliphatic rings. The zero-order valence-electron chi connectivity index (χ0n) is 15.4. The molecule has 30 heavy (non-hydrogen) atoms. The summed E-state index contributed by atoms with van der Waals surface area (Å²) < 4.78 is 34.9. The van der Waals surface area contributed by atoms with Gasteiger partial charge in [-0.3, -0.25) is 14.2 Å². The van der Waals surface area contributed by atoms with Crippen LogP contribution in [0, 0.1) is 11.6 Å². The number of hydrogen-bond donors (Lipinski definition) is 2. The van der Waals surface area contributed by atoms with Crippen LogP contribution >= 0.6 is 12.4 Å². The highest BCUT2D eigenvalue weighted by molar-refractivity contribution is 5.91. The topological polar surface area (TPSA) is 110 Å². The molecule has 8 nitrogen and oxygen atoms in total. The van der Waals surface area contributed by atoms with Gasteiger partial charge < -0.3 is 15.2 Å². The van der Waals surface area contributed by atoms with Gasteiger partial charge in [0.05, 0.1) is 11.1 Å².